The van der Waals surface area contributed by atoms with Gasteiger partial charge in [-0.15, -0.1) is 0 Å². The normalized spacial score (nSPS) is 20.2. The number of rotatable bonds is 4. The Morgan fingerprint density at radius 2 is 2.35 bits per heavy atom. The van der Waals surface area contributed by atoms with Gasteiger partial charge in [-0.25, -0.2) is 0 Å². The van der Waals surface area contributed by atoms with Gasteiger partial charge >= 0.3 is 0 Å². The van der Waals surface area contributed by atoms with E-state index >= 15 is 0 Å². The van der Waals surface area contributed by atoms with Crippen LogP contribution >= 0.6 is 11.6 Å². The monoisotopic (exact) mass is 289 g/mol. The Bertz CT molecular complexity index is 593. The molecule has 0 bridgehead atoms. The van der Waals surface area contributed by atoms with Gasteiger partial charge in [-0.2, -0.15) is 0 Å². The minimum absolute atomic E-state index is 0.414. The molecule has 1 aromatic carbocycles. The molecule has 4 heteroatoms. The molecular weight excluding hydrogens is 270 g/mol. The fourth-order valence-electron chi connectivity index (χ4n) is 2.96. The Kier molecular flexibility index (Phi) is 4.08. The third-order valence-corrected chi connectivity index (χ3v) is 4.25. The third-order valence-electron chi connectivity index (χ3n) is 3.92. The maximum Gasteiger partial charge on any atom is 0.0948 e. The number of pyridine rings is 1. The van der Waals surface area contributed by atoms with Gasteiger partial charge in [-0.05, 0) is 57.0 Å². The first kappa shape index (κ1) is 13.7. The molecule has 2 atom stereocenters. The predicted molar refractivity (Wildman–Crippen MR) is 85.5 cm³/mol. The number of hydrogen-bond donors (Lipinski definition) is 2. The van der Waals surface area contributed by atoms with Gasteiger partial charge in [0, 0.05) is 23.7 Å². The number of anilines is 1. The molecule has 0 aliphatic carbocycles. The second-order valence-corrected chi connectivity index (χ2v) is 5.98. The van der Waals surface area contributed by atoms with Gasteiger partial charge in [0.15, 0.2) is 0 Å². The summed E-state index contributed by atoms with van der Waals surface area (Å²) in [6, 6.07) is 8.95. The van der Waals surface area contributed by atoms with Crippen molar-refractivity contribution >= 4 is 28.2 Å². The average Bonchev–Trinajstić information content (AvgIpc) is 2.95. The van der Waals surface area contributed by atoms with Crippen molar-refractivity contribution < 1.29 is 0 Å². The summed E-state index contributed by atoms with van der Waals surface area (Å²) in [5.74, 6) is 0. The van der Waals surface area contributed by atoms with Crippen molar-refractivity contribution in [2.45, 2.75) is 38.3 Å². The van der Waals surface area contributed by atoms with Crippen LogP contribution in [0, 0.1) is 0 Å². The van der Waals surface area contributed by atoms with Crippen molar-refractivity contribution in [3.05, 3.63) is 35.5 Å². The summed E-state index contributed by atoms with van der Waals surface area (Å²) >= 11 is 6.23. The largest absolute Gasteiger partial charge is 0.381 e. The highest BCUT2D eigenvalue weighted by atomic mass is 35.5. The average molecular weight is 290 g/mol. The Morgan fingerprint density at radius 3 is 3.15 bits per heavy atom. The lowest BCUT2D eigenvalue weighted by Gasteiger charge is -2.20. The van der Waals surface area contributed by atoms with E-state index in [2.05, 4.69) is 22.5 Å². The molecule has 1 saturated heterocycles. The van der Waals surface area contributed by atoms with E-state index in [1.807, 2.05) is 30.5 Å². The Balaban J connectivity index is 1.78. The molecule has 20 heavy (non-hydrogen) atoms. The third kappa shape index (κ3) is 2.89. The lowest BCUT2D eigenvalue weighted by molar-refractivity contribution is 0.523. The number of hydrogen-bond acceptors (Lipinski definition) is 3. The van der Waals surface area contributed by atoms with Crippen LogP contribution < -0.4 is 10.6 Å². The maximum atomic E-state index is 6.23. The second kappa shape index (κ2) is 5.98. The number of fused-ring (bicyclic) bond motifs is 1. The lowest BCUT2D eigenvalue weighted by Crippen LogP contribution is -2.29. The standard InChI is InChI=1S/C16H20ClN3/c1-11(10-12-4-2-8-18-12)20-15-7-6-14(17)13-5-3-9-19-16(13)15/h3,5-7,9,11-12,18,20H,2,4,8,10H2,1H3. The summed E-state index contributed by atoms with van der Waals surface area (Å²) in [6.45, 7) is 3.38. The van der Waals surface area contributed by atoms with Crippen LogP contribution in [0.3, 0.4) is 0 Å². The van der Waals surface area contributed by atoms with Crippen LogP contribution in [-0.4, -0.2) is 23.6 Å². The molecule has 0 radical (unpaired) electrons. The van der Waals surface area contributed by atoms with Gasteiger partial charge < -0.3 is 10.6 Å². The molecule has 0 spiro atoms. The second-order valence-electron chi connectivity index (χ2n) is 5.57. The molecule has 1 aliphatic heterocycles. The van der Waals surface area contributed by atoms with E-state index in [4.69, 9.17) is 11.6 Å². The van der Waals surface area contributed by atoms with E-state index < -0.39 is 0 Å². The SMILES string of the molecule is CC(CC1CCCN1)Nc1ccc(Cl)c2cccnc12. The van der Waals surface area contributed by atoms with Gasteiger partial charge in [0.05, 0.1) is 16.2 Å². The predicted octanol–water partition coefficient (Wildman–Crippen LogP) is 3.83. The summed E-state index contributed by atoms with van der Waals surface area (Å²) in [5, 5.41) is 8.88. The minimum Gasteiger partial charge on any atom is -0.381 e. The van der Waals surface area contributed by atoms with Crippen molar-refractivity contribution in [1.29, 1.82) is 0 Å². The molecule has 3 nitrogen and oxygen atoms in total. The van der Waals surface area contributed by atoms with Gasteiger partial charge in [-0.3, -0.25) is 4.98 Å². The van der Waals surface area contributed by atoms with E-state index in [9.17, 15) is 0 Å². The number of nitrogens with one attached hydrogen (secondary N) is 2. The molecule has 2 aromatic rings. The Morgan fingerprint density at radius 1 is 1.45 bits per heavy atom. The van der Waals surface area contributed by atoms with Crippen molar-refractivity contribution in [3.63, 3.8) is 0 Å². The van der Waals surface area contributed by atoms with Crippen LogP contribution in [0.2, 0.25) is 5.02 Å². The molecule has 2 heterocycles. The molecule has 1 fully saturated rings. The summed E-state index contributed by atoms with van der Waals surface area (Å²) in [6.07, 6.45) is 5.53. The van der Waals surface area contributed by atoms with E-state index in [0.717, 1.165) is 34.6 Å². The van der Waals surface area contributed by atoms with Crippen molar-refractivity contribution in [3.8, 4) is 0 Å². The summed E-state index contributed by atoms with van der Waals surface area (Å²) < 4.78 is 0. The fourth-order valence-corrected chi connectivity index (χ4v) is 3.18. The number of nitrogens with zero attached hydrogens (tertiary/aromatic N) is 1. The maximum absolute atomic E-state index is 6.23. The number of halogens is 1. The highest BCUT2D eigenvalue weighted by Gasteiger charge is 2.17. The molecule has 0 saturated carbocycles. The Hall–Kier alpha value is -1.32. The zero-order valence-corrected chi connectivity index (χ0v) is 12.5. The first-order valence-electron chi connectivity index (χ1n) is 7.27. The molecule has 1 aliphatic rings. The molecule has 2 unspecified atom stereocenters. The van der Waals surface area contributed by atoms with Gasteiger partial charge in [0.2, 0.25) is 0 Å². The molecule has 2 N–H and O–H groups in total. The molecule has 3 rings (SSSR count). The van der Waals surface area contributed by atoms with Crippen LogP contribution in [0.15, 0.2) is 30.5 Å². The zero-order chi connectivity index (χ0) is 13.9. The summed E-state index contributed by atoms with van der Waals surface area (Å²) in [4.78, 5) is 4.46. The quantitative estimate of drug-likeness (QED) is 0.898. The topological polar surface area (TPSA) is 37.0 Å². The smallest absolute Gasteiger partial charge is 0.0948 e. The molecule has 106 valence electrons. The van der Waals surface area contributed by atoms with Crippen LogP contribution in [0.5, 0.6) is 0 Å². The van der Waals surface area contributed by atoms with E-state index in [1.165, 1.54) is 12.8 Å². The first-order valence-corrected chi connectivity index (χ1v) is 7.65. The zero-order valence-electron chi connectivity index (χ0n) is 11.7. The molecule has 0 amide bonds. The van der Waals surface area contributed by atoms with Crippen LogP contribution in [0.1, 0.15) is 26.2 Å². The van der Waals surface area contributed by atoms with E-state index in [-0.39, 0.29) is 0 Å². The fraction of sp³-hybridized carbons (Fsp3) is 0.438. The summed E-state index contributed by atoms with van der Waals surface area (Å²) in [5.41, 5.74) is 2.02. The van der Waals surface area contributed by atoms with Crippen LogP contribution in [-0.2, 0) is 0 Å². The van der Waals surface area contributed by atoms with Gasteiger partial charge in [-0.1, -0.05) is 11.6 Å². The van der Waals surface area contributed by atoms with Gasteiger partial charge in [0.1, 0.15) is 0 Å². The van der Waals surface area contributed by atoms with Crippen LogP contribution in [0.25, 0.3) is 10.9 Å². The number of aromatic nitrogens is 1. The van der Waals surface area contributed by atoms with Gasteiger partial charge in [0.25, 0.3) is 0 Å². The van der Waals surface area contributed by atoms with Crippen molar-refractivity contribution in [2.75, 3.05) is 11.9 Å². The molecule has 1 aromatic heterocycles. The lowest BCUT2D eigenvalue weighted by atomic mass is 10.1. The first-order chi connectivity index (χ1) is 9.74. The highest BCUT2D eigenvalue weighted by Crippen LogP contribution is 2.28. The summed E-state index contributed by atoms with van der Waals surface area (Å²) in [7, 11) is 0. The van der Waals surface area contributed by atoms with E-state index in [1.54, 1.807) is 0 Å². The van der Waals surface area contributed by atoms with Crippen molar-refractivity contribution in [1.82, 2.24) is 10.3 Å². The van der Waals surface area contributed by atoms with E-state index in [0.29, 0.717) is 12.1 Å². The number of benzene rings is 1. The Labute approximate surface area is 124 Å². The minimum atomic E-state index is 0.414. The highest BCUT2D eigenvalue weighted by molar-refractivity contribution is 6.35. The van der Waals surface area contributed by atoms with Crippen LogP contribution in [0.4, 0.5) is 5.69 Å². The van der Waals surface area contributed by atoms with Crippen molar-refractivity contribution in [2.24, 2.45) is 0 Å². The molecular formula is C16H20ClN3.